The van der Waals surface area contributed by atoms with Crippen LogP contribution < -0.4 is 5.73 Å². The van der Waals surface area contributed by atoms with Crippen LogP contribution in [0.2, 0.25) is 0 Å². The molecule has 15 heavy (non-hydrogen) atoms. The third-order valence-electron chi connectivity index (χ3n) is 3.18. The molecule has 1 heterocycles. The molecule has 0 saturated carbocycles. The molecule has 0 aromatic heterocycles. The first-order valence-corrected chi connectivity index (χ1v) is 5.51. The third kappa shape index (κ3) is 2.15. The van der Waals surface area contributed by atoms with Gasteiger partial charge in [-0.15, -0.1) is 6.58 Å². The van der Waals surface area contributed by atoms with Gasteiger partial charge in [0.15, 0.2) is 0 Å². The van der Waals surface area contributed by atoms with Crippen molar-refractivity contribution in [3.05, 3.63) is 37.2 Å². The number of hydrogen-bond acceptors (Lipinski definition) is 2. The molecule has 0 aliphatic carbocycles. The van der Waals surface area contributed by atoms with E-state index in [4.69, 9.17) is 5.73 Å². The number of rotatable bonds is 4. The van der Waals surface area contributed by atoms with E-state index in [2.05, 4.69) is 38.5 Å². The van der Waals surface area contributed by atoms with Crippen molar-refractivity contribution in [2.75, 3.05) is 6.54 Å². The molecule has 84 valence electrons. The maximum Gasteiger partial charge on any atom is 0.0635 e. The Kier molecular flexibility index (Phi) is 3.75. The van der Waals surface area contributed by atoms with E-state index in [-0.39, 0.29) is 6.04 Å². The van der Waals surface area contributed by atoms with Gasteiger partial charge in [-0.3, -0.25) is 0 Å². The minimum absolute atomic E-state index is 0.147. The lowest BCUT2D eigenvalue weighted by molar-refractivity contribution is 0.366. The quantitative estimate of drug-likeness (QED) is 0.716. The van der Waals surface area contributed by atoms with E-state index >= 15 is 0 Å². The van der Waals surface area contributed by atoms with Crippen LogP contribution >= 0.6 is 0 Å². The van der Waals surface area contributed by atoms with Crippen LogP contribution in [0.5, 0.6) is 0 Å². The molecule has 0 aromatic rings. The van der Waals surface area contributed by atoms with Crippen LogP contribution in [0.1, 0.15) is 20.3 Å². The second-order valence-corrected chi connectivity index (χ2v) is 4.52. The third-order valence-corrected chi connectivity index (χ3v) is 3.18. The number of hydrogen-bond donors (Lipinski definition) is 1. The van der Waals surface area contributed by atoms with Gasteiger partial charge in [0.05, 0.1) is 6.04 Å². The van der Waals surface area contributed by atoms with Crippen molar-refractivity contribution in [3.8, 4) is 0 Å². The van der Waals surface area contributed by atoms with Crippen LogP contribution in [0.25, 0.3) is 0 Å². The van der Waals surface area contributed by atoms with Crippen molar-refractivity contribution in [1.82, 2.24) is 4.90 Å². The van der Waals surface area contributed by atoms with Gasteiger partial charge in [0.2, 0.25) is 0 Å². The van der Waals surface area contributed by atoms with Crippen molar-refractivity contribution in [2.24, 2.45) is 17.6 Å². The number of nitrogens with two attached hydrogens (primary N) is 1. The summed E-state index contributed by atoms with van der Waals surface area (Å²) in [6.45, 7) is 17.1. The minimum atomic E-state index is 0.147. The van der Waals surface area contributed by atoms with Crippen LogP contribution in [-0.2, 0) is 0 Å². The van der Waals surface area contributed by atoms with E-state index < -0.39 is 0 Å². The average molecular weight is 206 g/mol. The Bertz CT molecular complexity index is 278. The topological polar surface area (TPSA) is 29.3 Å². The summed E-state index contributed by atoms with van der Waals surface area (Å²) in [4.78, 5) is 2.15. The predicted molar refractivity (Wildman–Crippen MR) is 66.1 cm³/mol. The Morgan fingerprint density at radius 1 is 1.53 bits per heavy atom. The van der Waals surface area contributed by atoms with Crippen molar-refractivity contribution >= 4 is 0 Å². The van der Waals surface area contributed by atoms with E-state index in [1.165, 1.54) is 0 Å². The Morgan fingerprint density at radius 3 is 2.47 bits per heavy atom. The number of allylic oxidation sites excluding steroid dienone is 2. The van der Waals surface area contributed by atoms with Gasteiger partial charge in [-0.05, 0) is 12.3 Å². The molecule has 0 radical (unpaired) electrons. The molecule has 0 spiro atoms. The standard InChI is InChI=1S/C13H22N2/c1-6-12(8-14)15-10(4)7-13(9(2)3)11(15)5/h6,9,12-13H,1,4-5,7-8,14H2,2-3H3. The van der Waals surface area contributed by atoms with Crippen LogP contribution in [0, 0.1) is 11.8 Å². The van der Waals surface area contributed by atoms with E-state index in [1.54, 1.807) is 0 Å². The summed E-state index contributed by atoms with van der Waals surface area (Å²) in [5, 5.41) is 0. The van der Waals surface area contributed by atoms with Crippen LogP contribution in [0.3, 0.4) is 0 Å². The monoisotopic (exact) mass is 206 g/mol. The molecule has 0 amide bonds. The average Bonchev–Trinajstić information content (AvgIpc) is 2.47. The normalized spacial score (nSPS) is 23.7. The molecule has 0 bridgehead atoms. The molecular formula is C13H22N2. The Morgan fingerprint density at radius 2 is 2.13 bits per heavy atom. The zero-order valence-electron chi connectivity index (χ0n) is 9.87. The van der Waals surface area contributed by atoms with Gasteiger partial charge < -0.3 is 10.6 Å². The molecule has 2 heteroatoms. The SMILES string of the molecule is C=CC(CN)N1C(=C)CC(C(C)C)C1=C. The second kappa shape index (κ2) is 4.67. The maximum atomic E-state index is 5.71. The van der Waals surface area contributed by atoms with E-state index in [9.17, 15) is 0 Å². The summed E-state index contributed by atoms with van der Waals surface area (Å²) in [5.74, 6) is 1.11. The highest BCUT2D eigenvalue weighted by Crippen LogP contribution is 2.39. The molecule has 2 nitrogen and oxygen atoms in total. The summed E-state index contributed by atoms with van der Waals surface area (Å²) in [6, 6.07) is 0.147. The summed E-state index contributed by atoms with van der Waals surface area (Å²) in [6.07, 6.45) is 2.87. The molecule has 2 unspecified atom stereocenters. The number of nitrogens with zero attached hydrogens (tertiary/aromatic N) is 1. The molecule has 1 aliphatic rings. The fraction of sp³-hybridized carbons (Fsp3) is 0.538. The van der Waals surface area contributed by atoms with Crippen molar-refractivity contribution in [1.29, 1.82) is 0 Å². The highest BCUT2D eigenvalue weighted by Gasteiger charge is 2.33. The summed E-state index contributed by atoms with van der Waals surface area (Å²) in [7, 11) is 0. The Balaban J connectivity index is 2.87. The fourth-order valence-corrected chi connectivity index (χ4v) is 2.23. The molecule has 1 saturated heterocycles. The van der Waals surface area contributed by atoms with Crippen molar-refractivity contribution in [2.45, 2.75) is 26.3 Å². The van der Waals surface area contributed by atoms with Crippen LogP contribution in [-0.4, -0.2) is 17.5 Å². The van der Waals surface area contributed by atoms with E-state index in [0.29, 0.717) is 18.4 Å². The lowest BCUT2D eigenvalue weighted by Crippen LogP contribution is -2.35. The lowest BCUT2D eigenvalue weighted by atomic mass is 9.92. The molecule has 1 fully saturated rings. The first kappa shape index (κ1) is 12.1. The highest BCUT2D eigenvalue weighted by atomic mass is 15.2. The van der Waals surface area contributed by atoms with Gasteiger partial charge in [0, 0.05) is 23.9 Å². The molecule has 1 rings (SSSR count). The van der Waals surface area contributed by atoms with Gasteiger partial charge in [-0.25, -0.2) is 0 Å². The van der Waals surface area contributed by atoms with Crippen molar-refractivity contribution in [3.63, 3.8) is 0 Å². The smallest absolute Gasteiger partial charge is 0.0635 e. The van der Waals surface area contributed by atoms with Crippen molar-refractivity contribution < 1.29 is 0 Å². The first-order chi connectivity index (χ1) is 7.02. The molecule has 1 aliphatic heterocycles. The van der Waals surface area contributed by atoms with Gasteiger partial charge in [-0.2, -0.15) is 0 Å². The van der Waals surface area contributed by atoms with Crippen LogP contribution in [0.15, 0.2) is 37.2 Å². The molecular weight excluding hydrogens is 184 g/mol. The first-order valence-electron chi connectivity index (χ1n) is 5.51. The van der Waals surface area contributed by atoms with E-state index in [1.807, 2.05) is 6.08 Å². The van der Waals surface area contributed by atoms with Gasteiger partial charge in [0.25, 0.3) is 0 Å². The largest absolute Gasteiger partial charge is 0.341 e. The summed E-state index contributed by atoms with van der Waals surface area (Å²) in [5.41, 5.74) is 7.98. The second-order valence-electron chi connectivity index (χ2n) is 4.52. The summed E-state index contributed by atoms with van der Waals surface area (Å²) >= 11 is 0. The Labute approximate surface area is 93.1 Å². The fourth-order valence-electron chi connectivity index (χ4n) is 2.23. The van der Waals surface area contributed by atoms with Gasteiger partial charge in [0.1, 0.15) is 0 Å². The maximum absolute atomic E-state index is 5.71. The molecule has 2 N–H and O–H groups in total. The molecule has 0 aromatic carbocycles. The number of likely N-dealkylation sites (tertiary alicyclic amines) is 1. The Hall–Kier alpha value is -1.02. The van der Waals surface area contributed by atoms with Gasteiger partial charge in [-0.1, -0.05) is 33.1 Å². The summed E-state index contributed by atoms with van der Waals surface area (Å²) < 4.78 is 0. The predicted octanol–water partition coefficient (Wildman–Crippen LogP) is 2.51. The highest BCUT2D eigenvalue weighted by molar-refractivity contribution is 5.24. The zero-order chi connectivity index (χ0) is 11.6. The van der Waals surface area contributed by atoms with E-state index in [0.717, 1.165) is 17.8 Å². The zero-order valence-corrected chi connectivity index (χ0v) is 9.87. The lowest BCUT2D eigenvalue weighted by Gasteiger charge is -2.29. The molecule has 2 atom stereocenters. The minimum Gasteiger partial charge on any atom is -0.341 e. The van der Waals surface area contributed by atoms with Crippen LogP contribution in [0.4, 0.5) is 0 Å². The van der Waals surface area contributed by atoms with Gasteiger partial charge >= 0.3 is 0 Å².